The molecule has 1 N–H and O–H groups in total. The van der Waals surface area contributed by atoms with Gasteiger partial charge < -0.3 is 14.8 Å². The highest BCUT2D eigenvalue weighted by molar-refractivity contribution is 6.31. The monoisotopic (exact) mass is 437 g/mol. The van der Waals surface area contributed by atoms with Crippen molar-refractivity contribution in [3.63, 3.8) is 0 Å². The van der Waals surface area contributed by atoms with Gasteiger partial charge in [0.15, 0.2) is 17.3 Å². The Bertz CT molecular complexity index is 1230. The Hall–Kier alpha value is -3.32. The summed E-state index contributed by atoms with van der Waals surface area (Å²) >= 11 is 6.29. The van der Waals surface area contributed by atoms with Crippen LogP contribution in [0.15, 0.2) is 36.4 Å². The Kier molecular flexibility index (Phi) is 4.70. The first-order valence-corrected chi connectivity index (χ1v) is 10.4. The number of ether oxygens (including phenoxy) is 2. The molecule has 2 aliphatic heterocycles. The van der Waals surface area contributed by atoms with E-state index in [0.717, 1.165) is 16.8 Å². The van der Waals surface area contributed by atoms with E-state index in [-0.39, 0.29) is 18.1 Å². The number of ketones is 1. The van der Waals surface area contributed by atoms with E-state index in [4.69, 9.17) is 21.1 Å². The van der Waals surface area contributed by atoms with Gasteiger partial charge in [-0.05, 0) is 49.7 Å². The molecular formula is C23H20ClN3O4. The predicted molar refractivity (Wildman–Crippen MR) is 116 cm³/mol. The first-order valence-electron chi connectivity index (χ1n) is 10.0. The highest BCUT2D eigenvalue weighted by atomic mass is 35.5. The van der Waals surface area contributed by atoms with Crippen LogP contribution in [0.3, 0.4) is 0 Å². The van der Waals surface area contributed by atoms with Crippen LogP contribution in [0.2, 0.25) is 5.02 Å². The molecule has 0 unspecified atom stereocenters. The second-order valence-corrected chi connectivity index (χ2v) is 8.08. The van der Waals surface area contributed by atoms with Gasteiger partial charge in [0.1, 0.15) is 19.0 Å². The van der Waals surface area contributed by atoms with Gasteiger partial charge in [0.2, 0.25) is 5.91 Å². The van der Waals surface area contributed by atoms with Crippen LogP contribution in [0.4, 0.5) is 5.82 Å². The highest BCUT2D eigenvalue weighted by Gasteiger charge is 2.37. The number of nitrogens with one attached hydrogen (secondary N) is 1. The predicted octanol–water partition coefficient (Wildman–Crippen LogP) is 4.22. The van der Waals surface area contributed by atoms with Crippen molar-refractivity contribution in [3.05, 3.63) is 63.8 Å². The van der Waals surface area contributed by atoms with Crippen molar-refractivity contribution in [1.29, 1.82) is 0 Å². The van der Waals surface area contributed by atoms with Crippen molar-refractivity contribution in [2.45, 2.75) is 26.2 Å². The highest BCUT2D eigenvalue weighted by Crippen LogP contribution is 2.40. The first kappa shape index (κ1) is 19.6. The van der Waals surface area contributed by atoms with E-state index in [1.54, 1.807) is 28.9 Å². The van der Waals surface area contributed by atoms with E-state index in [1.165, 1.54) is 0 Å². The molecule has 5 rings (SSSR count). The van der Waals surface area contributed by atoms with Crippen LogP contribution in [-0.4, -0.2) is 34.7 Å². The molecule has 8 heteroatoms. The number of aryl methyl sites for hydroxylation is 1. The number of Topliss-reactive ketones (excluding diaryl/α,β-unsaturated/α-hetero) is 1. The number of nitrogens with zero attached hydrogens (tertiary/aromatic N) is 2. The summed E-state index contributed by atoms with van der Waals surface area (Å²) in [5.41, 5.74) is 3.47. The van der Waals surface area contributed by atoms with Gasteiger partial charge in [0, 0.05) is 22.6 Å². The lowest BCUT2D eigenvalue weighted by molar-refractivity contribution is -0.116. The fourth-order valence-corrected chi connectivity index (χ4v) is 4.34. The maximum atomic E-state index is 13.5. The molecule has 2 aliphatic rings. The molecule has 2 aromatic carbocycles. The van der Waals surface area contributed by atoms with E-state index >= 15 is 0 Å². The van der Waals surface area contributed by atoms with Gasteiger partial charge in [-0.1, -0.05) is 17.7 Å². The van der Waals surface area contributed by atoms with Gasteiger partial charge in [0.25, 0.3) is 0 Å². The molecule has 1 amide bonds. The molecule has 31 heavy (non-hydrogen) atoms. The number of benzene rings is 2. The van der Waals surface area contributed by atoms with E-state index in [2.05, 4.69) is 10.4 Å². The molecule has 0 radical (unpaired) electrons. The van der Waals surface area contributed by atoms with Crippen molar-refractivity contribution in [1.82, 2.24) is 9.78 Å². The molecule has 7 nitrogen and oxygen atoms in total. The van der Waals surface area contributed by atoms with Crippen LogP contribution in [0.1, 0.15) is 39.5 Å². The average molecular weight is 438 g/mol. The largest absolute Gasteiger partial charge is 0.486 e. The van der Waals surface area contributed by atoms with E-state index < -0.39 is 5.92 Å². The zero-order chi connectivity index (χ0) is 21.7. The number of rotatable bonds is 3. The normalized spacial score (nSPS) is 17.1. The van der Waals surface area contributed by atoms with Gasteiger partial charge in [0.05, 0.1) is 17.3 Å². The van der Waals surface area contributed by atoms with Gasteiger partial charge in [-0.25, -0.2) is 4.68 Å². The van der Waals surface area contributed by atoms with E-state index in [1.807, 2.05) is 26.0 Å². The Morgan fingerprint density at radius 2 is 1.94 bits per heavy atom. The SMILES string of the molecule is Cc1nn(-c2cccc(Cl)c2C)c2c1[C@@H](C(=O)c1ccc3c(c1)OCCO3)CC(=O)N2. The number of aromatic nitrogens is 2. The molecule has 0 fully saturated rings. The molecule has 1 atom stereocenters. The second-order valence-electron chi connectivity index (χ2n) is 7.67. The number of hydrogen-bond acceptors (Lipinski definition) is 5. The minimum absolute atomic E-state index is 0.0569. The van der Waals surface area contributed by atoms with Crippen molar-refractivity contribution in [2.75, 3.05) is 18.5 Å². The lowest BCUT2D eigenvalue weighted by Crippen LogP contribution is -2.28. The number of hydrogen-bond donors (Lipinski definition) is 1. The molecule has 0 saturated carbocycles. The molecule has 0 bridgehead atoms. The maximum absolute atomic E-state index is 13.5. The summed E-state index contributed by atoms with van der Waals surface area (Å²) in [4.78, 5) is 26.1. The number of halogens is 1. The first-order chi connectivity index (χ1) is 14.9. The zero-order valence-electron chi connectivity index (χ0n) is 17.1. The third-order valence-electron chi connectivity index (χ3n) is 5.71. The fraction of sp³-hybridized carbons (Fsp3) is 0.261. The molecule has 0 aliphatic carbocycles. The summed E-state index contributed by atoms with van der Waals surface area (Å²) < 4.78 is 12.8. The number of amides is 1. The summed E-state index contributed by atoms with van der Waals surface area (Å²) in [6.45, 7) is 4.65. The molecule has 0 spiro atoms. The molecular weight excluding hydrogens is 418 g/mol. The van der Waals surface area contributed by atoms with Gasteiger partial charge >= 0.3 is 0 Å². The van der Waals surface area contributed by atoms with Gasteiger partial charge in [-0.2, -0.15) is 5.10 Å². The fourth-order valence-electron chi connectivity index (χ4n) is 4.17. The van der Waals surface area contributed by atoms with Crippen LogP contribution in [-0.2, 0) is 4.79 Å². The molecule has 3 aromatic rings. The smallest absolute Gasteiger partial charge is 0.226 e. The summed E-state index contributed by atoms with van der Waals surface area (Å²) in [6.07, 6.45) is 0.0569. The lowest BCUT2D eigenvalue weighted by Gasteiger charge is -2.24. The molecule has 3 heterocycles. The Labute approximate surface area is 183 Å². The maximum Gasteiger partial charge on any atom is 0.226 e. The summed E-state index contributed by atoms with van der Waals surface area (Å²) in [5, 5.41) is 8.15. The van der Waals surface area contributed by atoms with Crippen LogP contribution in [0, 0.1) is 13.8 Å². The number of carbonyl (C=O) groups is 2. The van der Waals surface area contributed by atoms with Crippen LogP contribution in [0.25, 0.3) is 5.69 Å². The topological polar surface area (TPSA) is 82.5 Å². The standard InChI is InChI=1S/C23H20ClN3O4/c1-12-16(24)4-3-5-17(12)27-23-21(13(2)26-27)15(11-20(28)25-23)22(29)14-6-7-18-19(10-14)31-9-8-30-18/h3-7,10,15H,8-9,11H2,1-2H3,(H,25,28)/t15-/m0/s1. The number of anilines is 1. The van der Waals surface area contributed by atoms with Crippen LogP contribution >= 0.6 is 11.6 Å². The lowest BCUT2D eigenvalue weighted by atomic mass is 9.85. The van der Waals surface area contributed by atoms with Crippen LogP contribution < -0.4 is 14.8 Å². The average Bonchev–Trinajstić information content (AvgIpc) is 3.10. The van der Waals surface area contributed by atoms with E-state index in [9.17, 15) is 9.59 Å². The van der Waals surface area contributed by atoms with E-state index in [0.29, 0.717) is 46.8 Å². The third-order valence-corrected chi connectivity index (χ3v) is 6.12. The minimum Gasteiger partial charge on any atom is -0.486 e. The zero-order valence-corrected chi connectivity index (χ0v) is 17.8. The van der Waals surface area contributed by atoms with Crippen molar-refractivity contribution < 1.29 is 19.1 Å². The van der Waals surface area contributed by atoms with Crippen LogP contribution in [0.5, 0.6) is 11.5 Å². The van der Waals surface area contributed by atoms with Crippen molar-refractivity contribution in [3.8, 4) is 17.2 Å². The van der Waals surface area contributed by atoms with Gasteiger partial charge in [-0.15, -0.1) is 0 Å². The molecule has 0 saturated heterocycles. The Morgan fingerprint density at radius 1 is 1.16 bits per heavy atom. The van der Waals surface area contributed by atoms with Crippen molar-refractivity contribution >= 4 is 29.1 Å². The number of fused-ring (bicyclic) bond motifs is 2. The summed E-state index contributed by atoms with van der Waals surface area (Å²) in [6, 6.07) is 10.6. The quantitative estimate of drug-likeness (QED) is 0.620. The number of carbonyl (C=O) groups excluding carboxylic acids is 2. The Morgan fingerprint density at radius 3 is 2.74 bits per heavy atom. The minimum atomic E-state index is -0.639. The van der Waals surface area contributed by atoms with Crippen molar-refractivity contribution in [2.24, 2.45) is 0 Å². The summed E-state index contributed by atoms with van der Waals surface area (Å²) in [5.74, 6) is 0.641. The second kappa shape index (κ2) is 7.42. The molecule has 158 valence electrons. The molecule has 1 aromatic heterocycles. The third kappa shape index (κ3) is 3.25. The van der Waals surface area contributed by atoms with Gasteiger partial charge in [-0.3, -0.25) is 9.59 Å². The summed E-state index contributed by atoms with van der Waals surface area (Å²) in [7, 11) is 0. The Balaban J connectivity index is 1.59.